The highest BCUT2D eigenvalue weighted by molar-refractivity contribution is 6.05. The molecule has 0 atom stereocenters. The summed E-state index contributed by atoms with van der Waals surface area (Å²) in [5.74, 6) is 0. The van der Waals surface area contributed by atoms with E-state index >= 15 is 0 Å². The zero-order valence-corrected chi connectivity index (χ0v) is 18.2. The largest absolute Gasteiger partial charge is 0.398 e. The molecule has 2 heterocycles. The molecule has 2 aromatic heterocycles. The number of benzene rings is 3. The van der Waals surface area contributed by atoms with Crippen LogP contribution in [-0.4, -0.2) is 20.3 Å². The smallest absolute Gasteiger partial charge is 0.207 e. The number of hydrogen-bond acceptors (Lipinski definition) is 5. The fourth-order valence-corrected chi connectivity index (χ4v) is 4.23. The molecule has 0 aliphatic heterocycles. The second-order valence-corrected chi connectivity index (χ2v) is 8.04. The van der Waals surface area contributed by atoms with Crippen molar-refractivity contribution < 1.29 is 0 Å². The lowest BCUT2D eigenvalue weighted by Gasteiger charge is -2.11. The molecule has 5 rings (SSSR count). The standard InChI is InChI=1S/C26H21N7/c1-15-3-4-16(12-27)9-23(15)33-25-20-11-18(17-5-7-21(29)19(10-17)13-28)6-8-22(20)31-14-24(25)32(2)26(33)30/h3-11,13-14,28,30H,29H2,1-2H3. The van der Waals surface area contributed by atoms with E-state index in [0.717, 1.165) is 44.3 Å². The first-order valence-corrected chi connectivity index (χ1v) is 10.4. The summed E-state index contributed by atoms with van der Waals surface area (Å²) in [6.45, 7) is 1.98. The van der Waals surface area contributed by atoms with Crippen molar-refractivity contribution in [2.75, 3.05) is 5.73 Å². The second kappa shape index (κ2) is 7.46. The molecule has 0 fully saturated rings. The van der Waals surface area contributed by atoms with Gasteiger partial charge in [0.05, 0.1) is 40.1 Å². The Morgan fingerprint density at radius 3 is 2.58 bits per heavy atom. The van der Waals surface area contributed by atoms with Crippen LogP contribution in [0.2, 0.25) is 0 Å². The molecule has 0 radical (unpaired) electrons. The van der Waals surface area contributed by atoms with Crippen LogP contribution >= 0.6 is 0 Å². The van der Waals surface area contributed by atoms with E-state index < -0.39 is 0 Å². The lowest BCUT2D eigenvalue weighted by Crippen LogP contribution is -2.21. The molecule has 5 aromatic rings. The van der Waals surface area contributed by atoms with E-state index in [0.29, 0.717) is 22.4 Å². The summed E-state index contributed by atoms with van der Waals surface area (Å²) in [4.78, 5) is 4.63. The highest BCUT2D eigenvalue weighted by Crippen LogP contribution is 2.31. The van der Waals surface area contributed by atoms with Gasteiger partial charge in [0.15, 0.2) is 0 Å². The number of aryl methyl sites for hydroxylation is 2. The molecule has 3 aromatic carbocycles. The Bertz CT molecular complexity index is 1700. The van der Waals surface area contributed by atoms with Gasteiger partial charge >= 0.3 is 0 Å². The number of nitrogen functional groups attached to an aromatic ring is 1. The van der Waals surface area contributed by atoms with E-state index in [1.54, 1.807) is 22.9 Å². The number of anilines is 1. The molecular formula is C26H21N7. The molecule has 0 unspecified atom stereocenters. The van der Waals surface area contributed by atoms with Crippen LogP contribution in [0, 0.1) is 29.1 Å². The van der Waals surface area contributed by atoms with Crippen molar-refractivity contribution in [3.05, 3.63) is 83.1 Å². The van der Waals surface area contributed by atoms with E-state index in [2.05, 4.69) is 17.1 Å². The monoisotopic (exact) mass is 431 g/mol. The van der Waals surface area contributed by atoms with Crippen molar-refractivity contribution >= 4 is 33.8 Å². The lowest BCUT2D eigenvalue weighted by atomic mass is 10.00. The maximum atomic E-state index is 9.44. The molecule has 0 spiro atoms. The highest BCUT2D eigenvalue weighted by Gasteiger charge is 2.17. The Kier molecular flexibility index (Phi) is 4.57. The van der Waals surface area contributed by atoms with Crippen LogP contribution in [0.25, 0.3) is 38.8 Å². The molecule has 0 aliphatic carbocycles. The van der Waals surface area contributed by atoms with Gasteiger partial charge in [-0.15, -0.1) is 0 Å². The number of nitrogens with zero attached hydrogens (tertiary/aromatic N) is 4. The van der Waals surface area contributed by atoms with Gasteiger partial charge in [0, 0.05) is 29.9 Å². The zero-order chi connectivity index (χ0) is 23.3. The van der Waals surface area contributed by atoms with Crippen LogP contribution in [0.1, 0.15) is 16.7 Å². The SMILES string of the molecule is Cc1ccc(C#N)cc1-n1c(=N)n(C)c2cnc3ccc(-c4ccc(N)c(C=N)c4)cc3c21. The van der Waals surface area contributed by atoms with Crippen molar-refractivity contribution in [3.8, 4) is 22.9 Å². The van der Waals surface area contributed by atoms with Gasteiger partial charge < -0.3 is 15.7 Å². The first kappa shape index (κ1) is 20.2. The minimum atomic E-state index is 0.293. The number of pyridine rings is 1. The highest BCUT2D eigenvalue weighted by atomic mass is 15.2. The van der Waals surface area contributed by atoms with E-state index in [-0.39, 0.29) is 0 Å². The molecule has 0 saturated heterocycles. The van der Waals surface area contributed by atoms with Crippen molar-refractivity contribution in [2.45, 2.75) is 6.92 Å². The number of aromatic nitrogens is 3. The number of hydrogen-bond donors (Lipinski definition) is 3. The van der Waals surface area contributed by atoms with Crippen LogP contribution in [-0.2, 0) is 7.05 Å². The molecule has 4 N–H and O–H groups in total. The first-order chi connectivity index (χ1) is 15.9. The van der Waals surface area contributed by atoms with Gasteiger partial charge in [0.1, 0.15) is 0 Å². The summed E-state index contributed by atoms with van der Waals surface area (Å²) in [5.41, 5.74) is 14.2. The summed E-state index contributed by atoms with van der Waals surface area (Å²) >= 11 is 0. The van der Waals surface area contributed by atoms with E-state index in [1.807, 2.05) is 54.9 Å². The maximum absolute atomic E-state index is 9.44. The van der Waals surface area contributed by atoms with Gasteiger partial charge in [0.25, 0.3) is 0 Å². The molecule has 0 amide bonds. The Morgan fingerprint density at radius 2 is 1.82 bits per heavy atom. The van der Waals surface area contributed by atoms with E-state index in [1.165, 1.54) is 6.21 Å². The summed E-state index contributed by atoms with van der Waals surface area (Å²) in [7, 11) is 1.85. The molecule has 0 aliphatic rings. The summed E-state index contributed by atoms with van der Waals surface area (Å²) in [5, 5.41) is 26.8. The minimum Gasteiger partial charge on any atom is -0.398 e. The number of imidazole rings is 1. The normalized spacial score (nSPS) is 11.1. The number of nitriles is 1. The topological polar surface area (TPSA) is 120 Å². The average molecular weight is 432 g/mol. The summed E-state index contributed by atoms with van der Waals surface area (Å²) < 4.78 is 3.68. The first-order valence-electron chi connectivity index (χ1n) is 10.4. The molecule has 33 heavy (non-hydrogen) atoms. The van der Waals surface area contributed by atoms with Crippen molar-refractivity contribution in [2.24, 2.45) is 7.05 Å². The number of fused-ring (bicyclic) bond motifs is 3. The Morgan fingerprint density at radius 1 is 1.06 bits per heavy atom. The third kappa shape index (κ3) is 3.08. The zero-order valence-electron chi connectivity index (χ0n) is 18.2. The molecular weight excluding hydrogens is 410 g/mol. The molecule has 7 heteroatoms. The fraction of sp³-hybridized carbons (Fsp3) is 0.0769. The predicted octanol–water partition coefficient (Wildman–Crippen LogP) is 4.42. The predicted molar refractivity (Wildman–Crippen MR) is 131 cm³/mol. The van der Waals surface area contributed by atoms with Crippen molar-refractivity contribution in [3.63, 3.8) is 0 Å². The number of nitrogens with two attached hydrogens (primary N) is 1. The van der Waals surface area contributed by atoms with Crippen LogP contribution in [0.5, 0.6) is 0 Å². The molecule has 7 nitrogen and oxygen atoms in total. The van der Waals surface area contributed by atoms with Gasteiger partial charge in [-0.05, 0) is 60.0 Å². The summed E-state index contributed by atoms with van der Waals surface area (Å²) in [6, 6.07) is 19.4. The average Bonchev–Trinajstić information content (AvgIpc) is 3.09. The van der Waals surface area contributed by atoms with Gasteiger partial charge in [-0.25, -0.2) is 0 Å². The van der Waals surface area contributed by atoms with E-state index in [4.69, 9.17) is 16.6 Å². The molecule has 0 bridgehead atoms. The van der Waals surface area contributed by atoms with Gasteiger partial charge in [-0.1, -0.05) is 18.2 Å². The fourth-order valence-electron chi connectivity index (χ4n) is 4.23. The van der Waals surface area contributed by atoms with Crippen LogP contribution in [0.4, 0.5) is 5.69 Å². The minimum absolute atomic E-state index is 0.293. The van der Waals surface area contributed by atoms with Gasteiger partial charge in [-0.2, -0.15) is 5.26 Å². The Hall–Kier alpha value is -4.70. The van der Waals surface area contributed by atoms with Crippen molar-refractivity contribution in [1.82, 2.24) is 14.1 Å². The Labute approximate surface area is 190 Å². The van der Waals surface area contributed by atoms with Gasteiger partial charge in [0.2, 0.25) is 5.62 Å². The summed E-state index contributed by atoms with van der Waals surface area (Å²) in [6.07, 6.45) is 3.04. The third-order valence-corrected chi connectivity index (χ3v) is 6.09. The number of nitrogens with one attached hydrogen (secondary N) is 2. The second-order valence-electron chi connectivity index (χ2n) is 8.04. The lowest BCUT2D eigenvalue weighted by molar-refractivity contribution is 0.786. The van der Waals surface area contributed by atoms with Crippen molar-refractivity contribution in [1.29, 1.82) is 16.1 Å². The maximum Gasteiger partial charge on any atom is 0.207 e. The van der Waals surface area contributed by atoms with E-state index in [9.17, 15) is 5.26 Å². The quantitative estimate of drug-likeness (QED) is 0.289. The van der Waals surface area contributed by atoms with Crippen LogP contribution in [0.15, 0.2) is 60.8 Å². The molecule has 0 saturated carbocycles. The molecule has 160 valence electrons. The van der Waals surface area contributed by atoms with Gasteiger partial charge in [-0.3, -0.25) is 15.0 Å². The van der Waals surface area contributed by atoms with Crippen LogP contribution in [0.3, 0.4) is 0 Å². The van der Waals surface area contributed by atoms with Crippen LogP contribution < -0.4 is 11.4 Å². The third-order valence-electron chi connectivity index (χ3n) is 6.09. The Balaban J connectivity index is 1.88. The number of rotatable bonds is 3.